The van der Waals surface area contributed by atoms with Gasteiger partial charge in [-0.25, -0.2) is 0 Å². The second-order valence-electron chi connectivity index (χ2n) is 3.06. The summed E-state index contributed by atoms with van der Waals surface area (Å²) in [7, 11) is 0. The molecular weight excluding hydrogens is 154 g/mol. The van der Waals surface area contributed by atoms with Gasteiger partial charge < -0.3 is 10.5 Å². The maximum atomic E-state index is 11.0. The zero-order valence-electron chi connectivity index (χ0n) is 8.17. The molecule has 0 spiro atoms. The van der Waals surface area contributed by atoms with Gasteiger partial charge >= 0.3 is 5.97 Å². The Morgan fingerprint density at radius 3 is 2.50 bits per heavy atom. The highest BCUT2D eigenvalue weighted by molar-refractivity contribution is 5.70. The van der Waals surface area contributed by atoms with Crippen molar-refractivity contribution in [3.05, 3.63) is 0 Å². The average molecular weight is 173 g/mol. The summed E-state index contributed by atoms with van der Waals surface area (Å²) in [6.07, 6.45) is 1.34. The van der Waals surface area contributed by atoms with E-state index in [1.54, 1.807) is 6.92 Å². The normalized spacial score (nSPS) is 15.3. The van der Waals surface area contributed by atoms with Gasteiger partial charge in [-0.2, -0.15) is 0 Å². The molecule has 0 saturated heterocycles. The number of hydrogen-bond donors (Lipinski definition) is 1. The summed E-state index contributed by atoms with van der Waals surface area (Å²) in [6, 6.07) is -0.0611. The highest BCUT2D eigenvalue weighted by Crippen LogP contribution is 2.08. The fourth-order valence-corrected chi connectivity index (χ4v) is 0.916. The standard InChI is InChI=1S/C9H19NO2/c1-4-7(3)8(10)6-9(11)12-5-2/h7-8H,4-6,10H2,1-3H3/t7?,8-/m0/s1. The minimum absolute atomic E-state index is 0.0611. The van der Waals surface area contributed by atoms with Crippen LogP contribution in [0.5, 0.6) is 0 Å². The summed E-state index contributed by atoms with van der Waals surface area (Å²) < 4.78 is 4.79. The molecule has 72 valence electrons. The van der Waals surface area contributed by atoms with Gasteiger partial charge in [0.2, 0.25) is 0 Å². The summed E-state index contributed by atoms with van der Waals surface area (Å²) in [4.78, 5) is 11.0. The molecule has 0 saturated carbocycles. The van der Waals surface area contributed by atoms with Crippen LogP contribution >= 0.6 is 0 Å². The molecule has 2 N–H and O–H groups in total. The van der Waals surface area contributed by atoms with E-state index in [9.17, 15) is 4.79 Å². The van der Waals surface area contributed by atoms with Crippen molar-refractivity contribution in [2.45, 2.75) is 39.7 Å². The predicted octanol–water partition coefficient (Wildman–Crippen LogP) is 1.31. The number of nitrogens with two attached hydrogens (primary N) is 1. The van der Waals surface area contributed by atoms with E-state index in [-0.39, 0.29) is 12.0 Å². The van der Waals surface area contributed by atoms with Crippen LogP contribution in [0.25, 0.3) is 0 Å². The molecule has 2 atom stereocenters. The van der Waals surface area contributed by atoms with E-state index in [1.807, 2.05) is 6.92 Å². The number of rotatable bonds is 5. The zero-order valence-corrected chi connectivity index (χ0v) is 8.17. The van der Waals surface area contributed by atoms with Crippen LogP contribution in [-0.4, -0.2) is 18.6 Å². The first kappa shape index (κ1) is 11.4. The van der Waals surface area contributed by atoms with E-state index in [1.165, 1.54) is 0 Å². The van der Waals surface area contributed by atoms with Crippen LogP contribution in [0.15, 0.2) is 0 Å². The molecule has 0 fully saturated rings. The molecule has 3 nitrogen and oxygen atoms in total. The van der Waals surface area contributed by atoms with Crippen LogP contribution in [-0.2, 0) is 9.53 Å². The Hall–Kier alpha value is -0.570. The molecule has 0 amide bonds. The molecule has 0 rings (SSSR count). The van der Waals surface area contributed by atoms with Crippen LogP contribution in [0.3, 0.4) is 0 Å². The first-order valence-corrected chi connectivity index (χ1v) is 4.53. The molecule has 1 unspecified atom stereocenters. The van der Waals surface area contributed by atoms with Gasteiger partial charge in [0, 0.05) is 6.04 Å². The average Bonchev–Trinajstić information content (AvgIpc) is 2.03. The molecule has 0 heterocycles. The lowest BCUT2D eigenvalue weighted by molar-refractivity contribution is -0.143. The summed E-state index contributed by atoms with van der Waals surface area (Å²) >= 11 is 0. The van der Waals surface area contributed by atoms with Crippen molar-refractivity contribution in [1.29, 1.82) is 0 Å². The first-order valence-electron chi connectivity index (χ1n) is 4.53. The molecule has 0 radical (unpaired) electrons. The summed E-state index contributed by atoms with van der Waals surface area (Å²) in [6.45, 7) is 6.35. The molecule has 0 aliphatic carbocycles. The molecule has 0 aromatic rings. The van der Waals surface area contributed by atoms with Crippen molar-refractivity contribution in [1.82, 2.24) is 0 Å². The largest absolute Gasteiger partial charge is 0.466 e. The Morgan fingerprint density at radius 1 is 1.50 bits per heavy atom. The molecule has 3 heteroatoms. The number of esters is 1. The second kappa shape index (κ2) is 6.00. The lowest BCUT2D eigenvalue weighted by Gasteiger charge is -2.16. The molecule has 0 aromatic carbocycles. The molecular formula is C9H19NO2. The van der Waals surface area contributed by atoms with Crippen LogP contribution in [0.1, 0.15) is 33.6 Å². The van der Waals surface area contributed by atoms with E-state index >= 15 is 0 Å². The van der Waals surface area contributed by atoms with Gasteiger partial charge in [0.05, 0.1) is 13.0 Å². The number of hydrogen-bond acceptors (Lipinski definition) is 3. The summed E-state index contributed by atoms with van der Waals surface area (Å²) in [5, 5.41) is 0. The minimum atomic E-state index is -0.190. The molecule has 0 aromatic heterocycles. The van der Waals surface area contributed by atoms with Crippen molar-refractivity contribution in [2.75, 3.05) is 6.61 Å². The van der Waals surface area contributed by atoms with Gasteiger partial charge in [0.15, 0.2) is 0 Å². The topological polar surface area (TPSA) is 52.3 Å². The number of carbonyl (C=O) groups excluding carboxylic acids is 1. The number of carbonyl (C=O) groups is 1. The SMILES string of the molecule is CCOC(=O)C[C@H](N)C(C)CC. The highest BCUT2D eigenvalue weighted by atomic mass is 16.5. The van der Waals surface area contributed by atoms with Gasteiger partial charge in [-0.05, 0) is 12.8 Å². The van der Waals surface area contributed by atoms with E-state index in [4.69, 9.17) is 10.5 Å². The molecule has 0 aliphatic rings. The van der Waals surface area contributed by atoms with Crippen molar-refractivity contribution < 1.29 is 9.53 Å². The fraction of sp³-hybridized carbons (Fsp3) is 0.889. The Kier molecular flexibility index (Phi) is 5.72. The maximum absolute atomic E-state index is 11.0. The summed E-state index contributed by atoms with van der Waals surface area (Å²) in [5.41, 5.74) is 5.76. The van der Waals surface area contributed by atoms with E-state index < -0.39 is 0 Å². The Balaban J connectivity index is 3.67. The van der Waals surface area contributed by atoms with E-state index in [2.05, 4.69) is 6.92 Å². The van der Waals surface area contributed by atoms with Crippen molar-refractivity contribution in [3.8, 4) is 0 Å². The van der Waals surface area contributed by atoms with Gasteiger partial charge in [-0.3, -0.25) is 4.79 Å². The van der Waals surface area contributed by atoms with Crippen LogP contribution in [0.4, 0.5) is 0 Å². The monoisotopic (exact) mass is 173 g/mol. The molecule has 12 heavy (non-hydrogen) atoms. The fourth-order valence-electron chi connectivity index (χ4n) is 0.916. The Labute approximate surface area is 74.3 Å². The van der Waals surface area contributed by atoms with Crippen LogP contribution in [0, 0.1) is 5.92 Å². The molecule has 0 bridgehead atoms. The lowest BCUT2D eigenvalue weighted by Crippen LogP contribution is -2.31. The van der Waals surface area contributed by atoms with Crippen molar-refractivity contribution in [2.24, 2.45) is 11.7 Å². The smallest absolute Gasteiger partial charge is 0.307 e. The third-order valence-electron chi connectivity index (χ3n) is 2.08. The Bertz CT molecular complexity index is 136. The lowest BCUT2D eigenvalue weighted by atomic mass is 9.97. The first-order chi connectivity index (χ1) is 5.61. The second-order valence-corrected chi connectivity index (χ2v) is 3.06. The van der Waals surface area contributed by atoms with Gasteiger partial charge in [0.25, 0.3) is 0 Å². The predicted molar refractivity (Wildman–Crippen MR) is 48.7 cm³/mol. The van der Waals surface area contributed by atoms with E-state index in [0.29, 0.717) is 18.9 Å². The number of ether oxygens (including phenoxy) is 1. The van der Waals surface area contributed by atoms with Crippen molar-refractivity contribution in [3.63, 3.8) is 0 Å². The minimum Gasteiger partial charge on any atom is -0.466 e. The van der Waals surface area contributed by atoms with Gasteiger partial charge in [-0.1, -0.05) is 20.3 Å². The van der Waals surface area contributed by atoms with Gasteiger partial charge in [-0.15, -0.1) is 0 Å². The van der Waals surface area contributed by atoms with Crippen LogP contribution in [0.2, 0.25) is 0 Å². The zero-order chi connectivity index (χ0) is 9.56. The van der Waals surface area contributed by atoms with Gasteiger partial charge in [0.1, 0.15) is 0 Å². The van der Waals surface area contributed by atoms with E-state index in [0.717, 1.165) is 6.42 Å². The van der Waals surface area contributed by atoms with Crippen LogP contribution < -0.4 is 5.73 Å². The third kappa shape index (κ3) is 4.34. The highest BCUT2D eigenvalue weighted by Gasteiger charge is 2.15. The quantitative estimate of drug-likeness (QED) is 0.638. The molecule has 0 aliphatic heterocycles. The Morgan fingerprint density at radius 2 is 2.08 bits per heavy atom. The van der Waals surface area contributed by atoms with Crippen molar-refractivity contribution >= 4 is 5.97 Å². The maximum Gasteiger partial charge on any atom is 0.307 e. The summed E-state index contributed by atoms with van der Waals surface area (Å²) in [5.74, 6) is 0.194. The third-order valence-corrected chi connectivity index (χ3v) is 2.08.